The van der Waals surface area contributed by atoms with Gasteiger partial charge in [0.1, 0.15) is 12.6 Å². The average Bonchev–Trinajstić information content (AvgIpc) is 3.49. The molecule has 2 amide bonds. The van der Waals surface area contributed by atoms with Crippen LogP contribution in [0.5, 0.6) is 0 Å². The predicted octanol–water partition coefficient (Wildman–Crippen LogP) is 3.36. The maximum atomic E-state index is 12.7. The van der Waals surface area contributed by atoms with Gasteiger partial charge in [0.15, 0.2) is 0 Å². The third kappa shape index (κ3) is 6.39. The van der Waals surface area contributed by atoms with E-state index in [1.54, 1.807) is 0 Å². The van der Waals surface area contributed by atoms with E-state index in [2.05, 4.69) is 27.7 Å². The molecule has 8 heteroatoms. The number of aliphatic carboxylic acids is 1. The van der Waals surface area contributed by atoms with Crippen LogP contribution in [0.2, 0.25) is 0 Å². The van der Waals surface area contributed by atoms with Crippen LogP contribution < -0.4 is 10.6 Å². The van der Waals surface area contributed by atoms with E-state index in [-0.39, 0.29) is 31.3 Å². The number of ether oxygens (including phenoxy) is 1. The molecule has 1 atom stereocenters. The Kier molecular flexibility index (Phi) is 8.36. The summed E-state index contributed by atoms with van der Waals surface area (Å²) in [5.74, 6) is -1.50. The van der Waals surface area contributed by atoms with Gasteiger partial charge in [-0.05, 0) is 67.6 Å². The monoisotopic (exact) mass is 479 g/mol. The number of amides is 2. The second-order valence-corrected chi connectivity index (χ2v) is 9.15. The van der Waals surface area contributed by atoms with E-state index in [9.17, 15) is 14.4 Å². The lowest BCUT2D eigenvalue weighted by Gasteiger charge is -2.20. The lowest BCUT2D eigenvalue weighted by molar-refractivity contribution is -0.137. The first-order valence-corrected chi connectivity index (χ1v) is 12.4. The molecule has 0 saturated carbocycles. The number of hydrogen-bond acceptors (Lipinski definition) is 5. The van der Waals surface area contributed by atoms with Crippen molar-refractivity contribution < 1.29 is 24.2 Å². The minimum absolute atomic E-state index is 0.00249. The molecule has 186 valence electrons. The molecular formula is C27H33N3O5. The largest absolute Gasteiger partial charge is 0.481 e. The summed E-state index contributed by atoms with van der Waals surface area (Å²) in [6, 6.07) is 15.1. The summed E-state index contributed by atoms with van der Waals surface area (Å²) in [6.07, 6.45) is 2.28. The number of carboxylic acid groups (broad SMARTS) is 1. The molecule has 4 rings (SSSR count). The van der Waals surface area contributed by atoms with Crippen molar-refractivity contribution >= 4 is 18.0 Å². The van der Waals surface area contributed by atoms with Crippen molar-refractivity contribution in [2.24, 2.45) is 0 Å². The summed E-state index contributed by atoms with van der Waals surface area (Å²) >= 11 is 0. The summed E-state index contributed by atoms with van der Waals surface area (Å²) in [5, 5.41) is 14.5. The highest BCUT2D eigenvalue weighted by molar-refractivity contribution is 5.86. The number of alkyl carbamates (subject to hydrolysis) is 1. The molecule has 1 fully saturated rings. The highest BCUT2D eigenvalue weighted by Crippen LogP contribution is 2.44. The standard InChI is InChI=1S/C27H33N3O5/c31-25(32)13-12-24(26(33)28-14-7-17-30-15-5-6-16-30)29-27(34)35-18-23-21-10-3-1-8-19(21)20-9-2-4-11-22(20)23/h1-4,8-11,23-24H,5-7,12-18H2,(H,28,33)(H,29,34)(H,31,32). The maximum Gasteiger partial charge on any atom is 0.407 e. The second kappa shape index (κ2) is 11.8. The van der Waals surface area contributed by atoms with Crippen molar-refractivity contribution in [3.63, 3.8) is 0 Å². The molecule has 8 nitrogen and oxygen atoms in total. The zero-order chi connectivity index (χ0) is 24.6. The van der Waals surface area contributed by atoms with Gasteiger partial charge in [0.25, 0.3) is 0 Å². The molecule has 1 unspecified atom stereocenters. The second-order valence-electron chi connectivity index (χ2n) is 9.15. The molecule has 1 aliphatic carbocycles. The molecule has 0 spiro atoms. The molecular weight excluding hydrogens is 446 g/mol. The number of carboxylic acids is 1. The molecule has 1 heterocycles. The summed E-state index contributed by atoms with van der Waals surface area (Å²) in [4.78, 5) is 38.7. The van der Waals surface area contributed by atoms with Gasteiger partial charge in [-0.15, -0.1) is 0 Å². The van der Waals surface area contributed by atoms with Gasteiger partial charge in [-0.3, -0.25) is 9.59 Å². The molecule has 2 aromatic rings. The van der Waals surface area contributed by atoms with Crippen LogP contribution >= 0.6 is 0 Å². The van der Waals surface area contributed by atoms with Crippen molar-refractivity contribution in [3.8, 4) is 11.1 Å². The molecule has 0 aromatic heterocycles. The van der Waals surface area contributed by atoms with Crippen LogP contribution in [0.1, 0.15) is 49.1 Å². The Morgan fingerprint density at radius 1 is 1.00 bits per heavy atom. The molecule has 0 radical (unpaired) electrons. The van der Waals surface area contributed by atoms with Crippen LogP contribution in [0, 0.1) is 0 Å². The highest BCUT2D eigenvalue weighted by atomic mass is 16.5. The Bertz CT molecular complexity index is 1010. The minimum Gasteiger partial charge on any atom is -0.481 e. The van der Waals surface area contributed by atoms with E-state index in [4.69, 9.17) is 9.84 Å². The van der Waals surface area contributed by atoms with E-state index >= 15 is 0 Å². The summed E-state index contributed by atoms with van der Waals surface area (Å²) < 4.78 is 5.54. The average molecular weight is 480 g/mol. The van der Waals surface area contributed by atoms with Gasteiger partial charge in [0.05, 0.1) is 0 Å². The van der Waals surface area contributed by atoms with Crippen LogP contribution in [0.15, 0.2) is 48.5 Å². The van der Waals surface area contributed by atoms with E-state index in [0.717, 1.165) is 48.3 Å². The fourth-order valence-corrected chi connectivity index (χ4v) is 4.96. The van der Waals surface area contributed by atoms with E-state index in [0.29, 0.717) is 6.54 Å². The van der Waals surface area contributed by atoms with Crippen LogP contribution in [-0.4, -0.2) is 66.8 Å². The van der Waals surface area contributed by atoms with E-state index in [1.165, 1.54) is 12.8 Å². The van der Waals surface area contributed by atoms with Crippen molar-refractivity contribution in [2.45, 2.75) is 44.1 Å². The predicted molar refractivity (Wildman–Crippen MR) is 132 cm³/mol. The number of rotatable bonds is 11. The van der Waals surface area contributed by atoms with Crippen molar-refractivity contribution in [2.75, 3.05) is 32.8 Å². The maximum absolute atomic E-state index is 12.7. The Morgan fingerprint density at radius 3 is 2.26 bits per heavy atom. The van der Waals surface area contributed by atoms with Gasteiger partial charge < -0.3 is 25.4 Å². The van der Waals surface area contributed by atoms with Crippen molar-refractivity contribution in [3.05, 3.63) is 59.7 Å². The van der Waals surface area contributed by atoms with Gasteiger partial charge in [0.2, 0.25) is 5.91 Å². The first kappa shape index (κ1) is 24.7. The first-order valence-electron chi connectivity index (χ1n) is 12.4. The molecule has 35 heavy (non-hydrogen) atoms. The zero-order valence-corrected chi connectivity index (χ0v) is 19.9. The Labute approximate surface area is 205 Å². The minimum atomic E-state index is -1.02. The van der Waals surface area contributed by atoms with Gasteiger partial charge in [-0.1, -0.05) is 48.5 Å². The number of hydrogen-bond donors (Lipinski definition) is 3. The van der Waals surface area contributed by atoms with Crippen LogP contribution in [-0.2, 0) is 14.3 Å². The number of likely N-dealkylation sites (tertiary alicyclic amines) is 1. The summed E-state index contributed by atoms with van der Waals surface area (Å²) in [5.41, 5.74) is 4.45. The van der Waals surface area contributed by atoms with Gasteiger partial charge in [-0.25, -0.2) is 4.79 Å². The number of benzene rings is 2. The number of carbonyl (C=O) groups is 3. The van der Waals surface area contributed by atoms with Crippen LogP contribution in [0.3, 0.4) is 0 Å². The normalized spacial score (nSPS) is 15.8. The fraction of sp³-hybridized carbons (Fsp3) is 0.444. The number of carbonyl (C=O) groups excluding carboxylic acids is 2. The SMILES string of the molecule is O=C(O)CCC(NC(=O)OCC1c2ccccc2-c2ccccc21)C(=O)NCCCN1CCCC1. The van der Waals surface area contributed by atoms with Gasteiger partial charge >= 0.3 is 12.1 Å². The lowest BCUT2D eigenvalue weighted by atomic mass is 9.98. The Hall–Kier alpha value is -3.39. The third-order valence-electron chi connectivity index (χ3n) is 6.75. The number of nitrogens with one attached hydrogen (secondary N) is 2. The Morgan fingerprint density at radius 2 is 1.63 bits per heavy atom. The van der Waals surface area contributed by atoms with E-state index in [1.807, 2.05) is 36.4 Å². The van der Waals surface area contributed by atoms with Gasteiger partial charge in [-0.2, -0.15) is 0 Å². The molecule has 1 aliphatic heterocycles. The summed E-state index contributed by atoms with van der Waals surface area (Å²) in [6.45, 7) is 3.71. The first-order chi connectivity index (χ1) is 17.0. The van der Waals surface area contributed by atoms with Crippen molar-refractivity contribution in [1.29, 1.82) is 0 Å². The fourth-order valence-electron chi connectivity index (χ4n) is 4.96. The van der Waals surface area contributed by atoms with Crippen LogP contribution in [0.25, 0.3) is 11.1 Å². The molecule has 3 N–H and O–H groups in total. The molecule has 2 aromatic carbocycles. The Balaban J connectivity index is 1.31. The van der Waals surface area contributed by atoms with Crippen molar-refractivity contribution in [1.82, 2.24) is 15.5 Å². The lowest BCUT2D eigenvalue weighted by Crippen LogP contribution is -2.47. The quantitative estimate of drug-likeness (QED) is 0.427. The van der Waals surface area contributed by atoms with Crippen LogP contribution in [0.4, 0.5) is 4.79 Å². The molecule has 2 aliphatic rings. The molecule has 0 bridgehead atoms. The summed E-state index contributed by atoms with van der Waals surface area (Å²) in [7, 11) is 0. The molecule has 1 saturated heterocycles. The zero-order valence-electron chi connectivity index (χ0n) is 19.9. The smallest absolute Gasteiger partial charge is 0.407 e. The number of nitrogens with zero attached hydrogens (tertiary/aromatic N) is 1. The topological polar surface area (TPSA) is 108 Å². The highest BCUT2D eigenvalue weighted by Gasteiger charge is 2.30. The third-order valence-corrected chi connectivity index (χ3v) is 6.75. The van der Waals surface area contributed by atoms with E-state index < -0.39 is 18.1 Å². The number of fused-ring (bicyclic) bond motifs is 3. The van der Waals surface area contributed by atoms with Gasteiger partial charge in [0, 0.05) is 18.9 Å².